The first-order chi connectivity index (χ1) is 18.2. The fourth-order valence-corrected chi connectivity index (χ4v) is 6.01. The number of ether oxygens (including phenoxy) is 3. The summed E-state index contributed by atoms with van der Waals surface area (Å²) in [5.74, 6) is 2.42. The molecule has 38 heavy (non-hydrogen) atoms. The van der Waals surface area contributed by atoms with Crippen LogP contribution in [-0.4, -0.2) is 43.1 Å². The van der Waals surface area contributed by atoms with E-state index in [0.717, 1.165) is 55.5 Å². The highest BCUT2D eigenvalue weighted by molar-refractivity contribution is 7.90. The van der Waals surface area contributed by atoms with E-state index in [1.807, 2.05) is 62.4 Å². The molecule has 1 aromatic heterocycles. The Morgan fingerprint density at radius 1 is 1.05 bits per heavy atom. The molecular weight excluding hydrogens is 522 g/mol. The van der Waals surface area contributed by atoms with Gasteiger partial charge in [-0.3, -0.25) is 0 Å². The number of hydrogen-bond acceptors (Lipinski definition) is 8. The average molecular weight is 552 g/mol. The van der Waals surface area contributed by atoms with E-state index >= 15 is 0 Å². The molecule has 0 radical (unpaired) electrons. The van der Waals surface area contributed by atoms with Gasteiger partial charge in [0.05, 0.1) is 17.2 Å². The van der Waals surface area contributed by atoms with E-state index in [1.165, 1.54) is 17.8 Å². The van der Waals surface area contributed by atoms with Crippen molar-refractivity contribution < 1.29 is 27.7 Å². The van der Waals surface area contributed by atoms with E-state index in [-0.39, 0.29) is 17.7 Å². The molecule has 198 valence electrons. The second-order valence-corrected chi connectivity index (χ2v) is 12.5. The van der Waals surface area contributed by atoms with Gasteiger partial charge in [-0.15, -0.1) is 0 Å². The lowest BCUT2D eigenvalue weighted by atomic mass is 9.93. The first kappa shape index (κ1) is 26.1. The number of sulfone groups is 1. The fourth-order valence-electron chi connectivity index (χ4n) is 4.72. The molecule has 0 fully saturated rings. The Morgan fingerprint density at radius 3 is 2.45 bits per heavy atom. The second kappa shape index (κ2) is 10.7. The number of fused-ring (bicyclic) bond motifs is 1. The molecule has 5 rings (SSSR count). The number of aromatic hydroxyl groups is 1. The van der Waals surface area contributed by atoms with Crippen LogP contribution in [0.25, 0.3) is 21.6 Å². The van der Waals surface area contributed by atoms with Gasteiger partial charge in [-0.25, -0.2) is 8.42 Å². The van der Waals surface area contributed by atoms with Crippen LogP contribution in [0.15, 0.2) is 60.7 Å². The van der Waals surface area contributed by atoms with E-state index in [1.54, 1.807) is 6.07 Å². The van der Waals surface area contributed by atoms with Crippen LogP contribution in [0.4, 0.5) is 0 Å². The summed E-state index contributed by atoms with van der Waals surface area (Å²) in [6, 6.07) is 19.5. The summed E-state index contributed by atoms with van der Waals surface area (Å²) in [7, 11) is -3.00. The van der Waals surface area contributed by atoms with Crippen LogP contribution in [0.1, 0.15) is 29.2 Å². The third-order valence-corrected chi connectivity index (χ3v) is 8.25. The highest BCUT2D eigenvalue weighted by atomic mass is 32.2. The molecule has 1 aliphatic rings. The molecule has 1 N–H and O–H groups in total. The Kier molecular flexibility index (Phi) is 7.32. The van der Waals surface area contributed by atoms with E-state index in [9.17, 15) is 13.5 Å². The highest BCUT2D eigenvalue weighted by Crippen LogP contribution is 2.45. The van der Waals surface area contributed by atoms with Crippen molar-refractivity contribution in [3.63, 3.8) is 0 Å². The molecule has 9 heteroatoms. The summed E-state index contributed by atoms with van der Waals surface area (Å²) in [4.78, 5) is 0.893. The summed E-state index contributed by atoms with van der Waals surface area (Å²) >= 11 is 1.25. The number of rotatable bonds is 9. The minimum atomic E-state index is -3.00. The lowest BCUT2D eigenvalue weighted by molar-refractivity contribution is 0.163. The number of nitrogens with zero attached hydrogens (tertiary/aromatic N) is 1. The van der Waals surface area contributed by atoms with Gasteiger partial charge in [0.2, 0.25) is 5.88 Å². The molecule has 1 aliphatic heterocycles. The number of para-hydroxylation sites is 1. The zero-order valence-electron chi connectivity index (χ0n) is 21.4. The maximum absolute atomic E-state index is 11.4. The third kappa shape index (κ3) is 5.79. The molecular formula is C29H29NO6S2. The van der Waals surface area contributed by atoms with Gasteiger partial charge in [0.15, 0.2) is 6.10 Å². The maximum Gasteiger partial charge on any atom is 0.223 e. The number of aryl methyl sites for hydroxylation is 2. The number of hydrogen-bond donors (Lipinski definition) is 1. The molecule has 0 saturated carbocycles. The number of aromatic nitrogens is 1. The van der Waals surface area contributed by atoms with Crippen molar-refractivity contribution in [2.24, 2.45) is 0 Å². The van der Waals surface area contributed by atoms with Gasteiger partial charge in [-0.1, -0.05) is 18.2 Å². The molecule has 0 aliphatic carbocycles. The zero-order valence-corrected chi connectivity index (χ0v) is 23.1. The van der Waals surface area contributed by atoms with Crippen LogP contribution < -0.4 is 14.2 Å². The monoisotopic (exact) mass is 551 g/mol. The lowest BCUT2D eigenvalue weighted by Crippen LogP contribution is -2.08. The summed E-state index contributed by atoms with van der Waals surface area (Å²) in [6.45, 7) is 4.84. The SMILES string of the molecule is Cc1cc(OCCCS(C)(=O)=O)cc(C)c1-c1cccc2c1OCC2Oc1ccc(-c2cc(O)ns2)cc1. The highest BCUT2D eigenvalue weighted by Gasteiger charge is 2.29. The standard InChI is InChI=1S/C29H29NO6S2/c1-18-14-22(34-12-5-13-38(3,32)33)15-19(2)28(18)24-7-4-6-23-25(17-35-29(23)24)36-21-10-8-20(9-11-21)26-16-27(31)30-37-26/h4,6-11,14-16,25H,5,12-13,17H2,1-3H3,(H,30,31). The van der Waals surface area contributed by atoms with Gasteiger partial charge in [-0.05, 0) is 90.5 Å². The summed E-state index contributed by atoms with van der Waals surface area (Å²) in [5, 5.41) is 9.51. The van der Waals surface area contributed by atoms with E-state index in [0.29, 0.717) is 19.6 Å². The van der Waals surface area contributed by atoms with Crippen LogP contribution in [0, 0.1) is 13.8 Å². The molecule has 2 heterocycles. The Morgan fingerprint density at radius 2 is 1.79 bits per heavy atom. The first-order valence-corrected chi connectivity index (χ1v) is 15.1. The average Bonchev–Trinajstić information content (AvgIpc) is 3.48. The Bertz CT molecular complexity index is 1540. The lowest BCUT2D eigenvalue weighted by Gasteiger charge is -2.16. The fraction of sp³-hybridized carbons (Fsp3) is 0.276. The van der Waals surface area contributed by atoms with Crippen LogP contribution >= 0.6 is 11.5 Å². The van der Waals surface area contributed by atoms with Crippen molar-refractivity contribution in [1.29, 1.82) is 0 Å². The summed E-state index contributed by atoms with van der Waals surface area (Å²) in [6.07, 6.45) is 1.46. The van der Waals surface area contributed by atoms with Crippen LogP contribution in [-0.2, 0) is 9.84 Å². The minimum Gasteiger partial charge on any atom is -0.494 e. The van der Waals surface area contributed by atoms with Crippen molar-refractivity contribution >= 4 is 21.4 Å². The first-order valence-electron chi connectivity index (χ1n) is 12.3. The Hall–Kier alpha value is -3.56. The van der Waals surface area contributed by atoms with E-state index in [4.69, 9.17) is 14.2 Å². The molecule has 3 aromatic carbocycles. The molecule has 1 atom stereocenters. The van der Waals surface area contributed by atoms with Gasteiger partial charge >= 0.3 is 0 Å². The van der Waals surface area contributed by atoms with Gasteiger partial charge in [0.25, 0.3) is 0 Å². The van der Waals surface area contributed by atoms with Gasteiger partial charge in [-0.2, -0.15) is 4.37 Å². The van der Waals surface area contributed by atoms with E-state index < -0.39 is 9.84 Å². The Labute approximate surface area is 226 Å². The van der Waals surface area contributed by atoms with Crippen molar-refractivity contribution in [3.8, 4) is 44.7 Å². The largest absolute Gasteiger partial charge is 0.494 e. The van der Waals surface area contributed by atoms with Crippen molar-refractivity contribution in [3.05, 3.63) is 77.4 Å². The molecule has 0 amide bonds. The molecule has 0 saturated heterocycles. The maximum atomic E-state index is 11.4. The van der Waals surface area contributed by atoms with Crippen molar-refractivity contribution in [2.75, 3.05) is 25.2 Å². The topological polar surface area (TPSA) is 95.0 Å². The van der Waals surface area contributed by atoms with Crippen molar-refractivity contribution in [1.82, 2.24) is 4.37 Å². The van der Waals surface area contributed by atoms with Gasteiger partial charge < -0.3 is 19.3 Å². The normalized spacial score (nSPS) is 14.7. The zero-order chi connectivity index (χ0) is 26.9. The van der Waals surface area contributed by atoms with Crippen LogP contribution in [0.3, 0.4) is 0 Å². The molecule has 7 nitrogen and oxygen atoms in total. The second-order valence-electron chi connectivity index (χ2n) is 9.48. The minimum absolute atomic E-state index is 0.0260. The quantitative estimate of drug-likeness (QED) is 0.250. The van der Waals surface area contributed by atoms with Crippen molar-refractivity contribution in [2.45, 2.75) is 26.4 Å². The summed E-state index contributed by atoms with van der Waals surface area (Å²) < 4.78 is 44.9. The molecule has 4 aromatic rings. The van der Waals surface area contributed by atoms with Crippen LogP contribution in [0.5, 0.6) is 23.1 Å². The third-order valence-electron chi connectivity index (χ3n) is 6.39. The number of benzene rings is 3. The smallest absolute Gasteiger partial charge is 0.223 e. The van der Waals surface area contributed by atoms with Gasteiger partial charge in [0.1, 0.15) is 33.7 Å². The predicted octanol–water partition coefficient (Wildman–Crippen LogP) is 6.13. The van der Waals surface area contributed by atoms with E-state index in [2.05, 4.69) is 10.4 Å². The molecule has 1 unspecified atom stereocenters. The van der Waals surface area contributed by atoms with Gasteiger partial charge in [0, 0.05) is 23.4 Å². The molecule has 0 bridgehead atoms. The predicted molar refractivity (Wildman–Crippen MR) is 149 cm³/mol. The van der Waals surface area contributed by atoms with Crippen LogP contribution in [0.2, 0.25) is 0 Å². The summed E-state index contributed by atoms with van der Waals surface area (Å²) in [5.41, 5.74) is 6.16. The molecule has 0 spiro atoms. The Balaban J connectivity index is 1.32.